The highest BCUT2D eigenvalue weighted by molar-refractivity contribution is 7.75. The van der Waals surface area contributed by atoms with Crippen LogP contribution in [0.25, 0.3) is 0 Å². The van der Waals surface area contributed by atoms with Crippen molar-refractivity contribution >= 4 is 12.9 Å². The van der Waals surface area contributed by atoms with E-state index in [4.69, 9.17) is 5.26 Å². The van der Waals surface area contributed by atoms with Crippen LogP contribution in [0.5, 0.6) is 5.75 Å². The van der Waals surface area contributed by atoms with Gasteiger partial charge in [-0.1, -0.05) is 0 Å². The zero-order valence-corrected chi connectivity index (χ0v) is 6.31. The van der Waals surface area contributed by atoms with E-state index in [9.17, 15) is 4.39 Å². The van der Waals surface area contributed by atoms with Gasteiger partial charge in [0.25, 0.3) is 0 Å². The fraction of sp³-hybridized carbons (Fsp3) is 0. The molecule has 0 bridgehead atoms. The first-order valence-corrected chi connectivity index (χ1v) is 3.15. The largest absolute Gasteiger partial charge is 0.428 e. The first-order valence-electron chi connectivity index (χ1n) is 2.79. The lowest BCUT2D eigenvalue weighted by molar-refractivity contribution is 0.614. The molecule has 0 spiro atoms. The van der Waals surface area contributed by atoms with Gasteiger partial charge >= 0.3 is 0 Å². The number of hydrogen-bond acceptors (Lipinski definition) is 3. The number of rotatable bonds is 1. The van der Waals surface area contributed by atoms with Crippen LogP contribution in [0.2, 0.25) is 0 Å². The van der Waals surface area contributed by atoms with Crippen LogP contribution in [-0.4, -0.2) is 0 Å². The van der Waals surface area contributed by atoms with Crippen molar-refractivity contribution in [3.8, 4) is 11.8 Å². The maximum Gasteiger partial charge on any atom is 0.154 e. The molecule has 0 N–H and O–H groups in total. The van der Waals surface area contributed by atoms with Gasteiger partial charge in [0.15, 0.2) is 5.75 Å². The molecule has 56 valence electrons. The molecular formula is C7H4FNOS. The Morgan fingerprint density at radius 1 is 1.55 bits per heavy atom. The minimum absolute atomic E-state index is 0.139. The van der Waals surface area contributed by atoms with Gasteiger partial charge in [-0.3, -0.25) is 0 Å². The van der Waals surface area contributed by atoms with Crippen molar-refractivity contribution in [1.82, 2.24) is 0 Å². The van der Waals surface area contributed by atoms with Crippen molar-refractivity contribution < 1.29 is 8.57 Å². The molecule has 0 aliphatic heterocycles. The zero-order chi connectivity index (χ0) is 8.27. The van der Waals surface area contributed by atoms with Crippen LogP contribution in [0.15, 0.2) is 18.2 Å². The van der Waals surface area contributed by atoms with Gasteiger partial charge < -0.3 is 4.18 Å². The lowest BCUT2D eigenvalue weighted by Gasteiger charge is -1.98. The Labute approximate surface area is 68.8 Å². The normalized spacial score (nSPS) is 8.82. The number of hydrogen-bond donors (Lipinski definition) is 1. The summed E-state index contributed by atoms with van der Waals surface area (Å²) in [6, 6.07) is 5.41. The second kappa shape index (κ2) is 3.26. The van der Waals surface area contributed by atoms with Gasteiger partial charge in [-0.25, -0.2) is 4.39 Å². The molecular weight excluding hydrogens is 165 g/mol. The average Bonchev–Trinajstić information content (AvgIpc) is 2.04. The maximum absolute atomic E-state index is 12.4. The molecule has 0 saturated heterocycles. The van der Waals surface area contributed by atoms with E-state index in [1.807, 2.05) is 0 Å². The third-order valence-electron chi connectivity index (χ3n) is 1.16. The van der Waals surface area contributed by atoms with Crippen molar-refractivity contribution in [3.63, 3.8) is 0 Å². The molecule has 0 atom stereocenters. The molecule has 4 heteroatoms. The molecule has 1 rings (SSSR count). The van der Waals surface area contributed by atoms with Crippen molar-refractivity contribution in [2.24, 2.45) is 0 Å². The fourth-order valence-corrected chi connectivity index (χ4v) is 0.828. The minimum atomic E-state index is -0.462. The highest BCUT2D eigenvalue weighted by atomic mass is 32.1. The molecule has 1 aromatic rings. The SMILES string of the molecule is N#Cc1cc(F)ccc1OS. The third kappa shape index (κ3) is 1.63. The Morgan fingerprint density at radius 2 is 2.27 bits per heavy atom. The predicted molar refractivity (Wildman–Crippen MR) is 40.7 cm³/mol. The van der Waals surface area contributed by atoms with Gasteiger partial charge in [-0.05, 0) is 18.2 Å². The molecule has 1 aromatic carbocycles. The van der Waals surface area contributed by atoms with Gasteiger partial charge in [-0.2, -0.15) is 5.26 Å². The van der Waals surface area contributed by atoms with E-state index in [0.29, 0.717) is 0 Å². The molecule has 0 saturated carbocycles. The zero-order valence-electron chi connectivity index (χ0n) is 5.41. The second-order valence-electron chi connectivity index (χ2n) is 1.84. The van der Waals surface area contributed by atoms with E-state index in [0.717, 1.165) is 6.07 Å². The molecule has 0 fully saturated rings. The summed E-state index contributed by atoms with van der Waals surface area (Å²) in [7, 11) is 0. The minimum Gasteiger partial charge on any atom is -0.428 e. The van der Waals surface area contributed by atoms with E-state index >= 15 is 0 Å². The summed E-state index contributed by atoms with van der Waals surface area (Å²) in [6.45, 7) is 0. The Hall–Kier alpha value is -1.21. The highest BCUT2D eigenvalue weighted by Crippen LogP contribution is 2.19. The third-order valence-corrected chi connectivity index (χ3v) is 1.36. The van der Waals surface area contributed by atoms with Gasteiger partial charge in [0.05, 0.1) is 5.56 Å². The first-order chi connectivity index (χ1) is 5.27. The predicted octanol–water partition coefficient (Wildman–Crippen LogP) is 1.92. The quantitative estimate of drug-likeness (QED) is 0.514. The summed E-state index contributed by atoms with van der Waals surface area (Å²) in [5.74, 6) is -0.201. The number of nitrogens with zero attached hydrogens (tertiary/aromatic N) is 1. The molecule has 0 amide bonds. The van der Waals surface area contributed by atoms with E-state index < -0.39 is 5.82 Å². The summed E-state index contributed by atoms with van der Waals surface area (Å²) >= 11 is 3.49. The summed E-state index contributed by atoms with van der Waals surface area (Å²) < 4.78 is 16.9. The van der Waals surface area contributed by atoms with Crippen LogP contribution in [0, 0.1) is 17.1 Å². The summed E-state index contributed by atoms with van der Waals surface area (Å²) in [5.41, 5.74) is 0.139. The molecule has 0 aromatic heterocycles. The van der Waals surface area contributed by atoms with E-state index in [-0.39, 0.29) is 11.3 Å². The molecule has 0 heterocycles. The maximum atomic E-state index is 12.4. The molecule has 0 unspecified atom stereocenters. The number of nitriles is 1. The molecule has 11 heavy (non-hydrogen) atoms. The smallest absolute Gasteiger partial charge is 0.154 e. The molecule has 0 aliphatic carbocycles. The van der Waals surface area contributed by atoms with Crippen LogP contribution < -0.4 is 4.18 Å². The summed E-state index contributed by atoms with van der Waals surface area (Å²) in [5, 5.41) is 8.44. The van der Waals surface area contributed by atoms with Crippen LogP contribution in [0.4, 0.5) is 4.39 Å². The first kappa shape index (κ1) is 7.89. The van der Waals surface area contributed by atoms with Crippen molar-refractivity contribution in [3.05, 3.63) is 29.6 Å². The van der Waals surface area contributed by atoms with Crippen molar-refractivity contribution in [2.45, 2.75) is 0 Å². The summed E-state index contributed by atoms with van der Waals surface area (Å²) in [4.78, 5) is 0. The number of benzene rings is 1. The Bertz CT molecular complexity index is 308. The standard InChI is InChI=1S/C7H4FNOS/c8-6-1-2-7(10-11)5(3-6)4-9/h1-3,11H. The Balaban J connectivity index is 3.19. The Kier molecular flexibility index (Phi) is 2.34. The molecule has 0 radical (unpaired) electrons. The monoisotopic (exact) mass is 169 g/mol. The van der Waals surface area contributed by atoms with E-state index in [1.54, 1.807) is 6.07 Å². The van der Waals surface area contributed by atoms with Crippen molar-refractivity contribution in [1.29, 1.82) is 5.26 Å². The molecule has 0 aliphatic rings. The van der Waals surface area contributed by atoms with Crippen molar-refractivity contribution in [2.75, 3.05) is 0 Å². The lowest BCUT2D eigenvalue weighted by atomic mass is 10.2. The second-order valence-corrected chi connectivity index (χ2v) is 2.03. The van der Waals surface area contributed by atoms with Crippen LogP contribution in [-0.2, 0) is 0 Å². The fourth-order valence-electron chi connectivity index (χ4n) is 0.669. The molecule has 2 nitrogen and oxygen atoms in total. The number of halogens is 1. The number of thiol groups is 1. The topological polar surface area (TPSA) is 33.0 Å². The highest BCUT2D eigenvalue weighted by Gasteiger charge is 2.02. The lowest BCUT2D eigenvalue weighted by Crippen LogP contribution is -1.83. The average molecular weight is 169 g/mol. The van der Waals surface area contributed by atoms with Crippen LogP contribution in [0.1, 0.15) is 5.56 Å². The van der Waals surface area contributed by atoms with Crippen LogP contribution in [0.3, 0.4) is 0 Å². The van der Waals surface area contributed by atoms with Gasteiger partial charge in [0.1, 0.15) is 11.9 Å². The van der Waals surface area contributed by atoms with Gasteiger partial charge in [-0.15, -0.1) is 0 Å². The summed E-state index contributed by atoms with van der Waals surface area (Å²) in [6.07, 6.45) is 0. The van der Waals surface area contributed by atoms with E-state index in [1.165, 1.54) is 12.1 Å². The van der Waals surface area contributed by atoms with E-state index in [2.05, 4.69) is 17.1 Å². The Morgan fingerprint density at radius 3 is 2.82 bits per heavy atom. The van der Waals surface area contributed by atoms with Gasteiger partial charge in [0, 0.05) is 12.9 Å². The van der Waals surface area contributed by atoms with Crippen LogP contribution >= 0.6 is 12.9 Å². The van der Waals surface area contributed by atoms with Gasteiger partial charge in [0.2, 0.25) is 0 Å².